The summed E-state index contributed by atoms with van der Waals surface area (Å²) in [7, 11) is 3.21. The summed E-state index contributed by atoms with van der Waals surface area (Å²) in [6, 6.07) is 5.14. The predicted molar refractivity (Wildman–Crippen MR) is 81.1 cm³/mol. The second kappa shape index (κ2) is 7.14. The van der Waals surface area contributed by atoms with Gasteiger partial charge in [-0.05, 0) is 18.6 Å². The molecule has 0 aliphatic heterocycles. The van der Waals surface area contributed by atoms with Gasteiger partial charge in [0.25, 0.3) is 0 Å². The number of hydrogen-bond acceptors (Lipinski definition) is 2. The van der Waals surface area contributed by atoms with Gasteiger partial charge in [-0.3, -0.25) is 4.79 Å². The lowest BCUT2D eigenvalue weighted by molar-refractivity contribution is -0.124. The SMILES string of the molecule is CNC(=O)[C@@H](C)CN(C)C(=O)Nc1cccc(C)c1Cl. The van der Waals surface area contributed by atoms with Crippen molar-refractivity contribution in [2.24, 2.45) is 5.92 Å². The molecule has 0 unspecified atom stereocenters. The molecule has 1 rings (SSSR count). The van der Waals surface area contributed by atoms with Gasteiger partial charge in [0.15, 0.2) is 0 Å². The Morgan fingerprint density at radius 3 is 2.65 bits per heavy atom. The number of amides is 3. The van der Waals surface area contributed by atoms with Crippen molar-refractivity contribution >= 4 is 29.2 Å². The summed E-state index contributed by atoms with van der Waals surface area (Å²) >= 11 is 6.12. The summed E-state index contributed by atoms with van der Waals surface area (Å²) in [5.74, 6) is -0.373. The average Bonchev–Trinajstić information content (AvgIpc) is 2.42. The standard InChI is InChI=1S/C14H20ClN3O2/c1-9-6-5-7-11(12(9)15)17-14(20)18(4)8-10(2)13(19)16-3/h5-7,10H,8H2,1-4H3,(H,16,19)(H,17,20)/t10-/m0/s1. The molecule has 1 atom stereocenters. The predicted octanol–water partition coefficient (Wildman–Crippen LogP) is 2.49. The highest BCUT2D eigenvalue weighted by atomic mass is 35.5. The Morgan fingerprint density at radius 2 is 2.05 bits per heavy atom. The van der Waals surface area contributed by atoms with E-state index in [1.165, 1.54) is 4.90 Å². The molecule has 0 saturated carbocycles. The van der Waals surface area contributed by atoms with Crippen LogP contribution in [-0.2, 0) is 4.79 Å². The van der Waals surface area contributed by atoms with Gasteiger partial charge in [-0.25, -0.2) is 4.79 Å². The first-order chi connectivity index (χ1) is 9.36. The maximum absolute atomic E-state index is 12.0. The number of benzene rings is 1. The van der Waals surface area contributed by atoms with Crippen LogP contribution in [0.4, 0.5) is 10.5 Å². The highest BCUT2D eigenvalue weighted by Gasteiger charge is 2.18. The first-order valence-electron chi connectivity index (χ1n) is 6.35. The third kappa shape index (κ3) is 4.13. The minimum Gasteiger partial charge on any atom is -0.359 e. The van der Waals surface area contributed by atoms with Crippen molar-refractivity contribution in [1.82, 2.24) is 10.2 Å². The smallest absolute Gasteiger partial charge is 0.321 e. The molecular weight excluding hydrogens is 278 g/mol. The van der Waals surface area contributed by atoms with Crippen molar-refractivity contribution in [3.05, 3.63) is 28.8 Å². The highest BCUT2D eigenvalue weighted by molar-refractivity contribution is 6.34. The summed E-state index contributed by atoms with van der Waals surface area (Å²) in [5.41, 5.74) is 1.46. The normalized spacial score (nSPS) is 11.7. The second-order valence-corrected chi connectivity index (χ2v) is 5.14. The van der Waals surface area contributed by atoms with Crippen LogP contribution in [0.3, 0.4) is 0 Å². The van der Waals surface area contributed by atoms with E-state index >= 15 is 0 Å². The summed E-state index contributed by atoms with van der Waals surface area (Å²) in [4.78, 5) is 24.9. The molecule has 110 valence electrons. The maximum Gasteiger partial charge on any atom is 0.321 e. The van der Waals surface area contributed by atoms with E-state index < -0.39 is 0 Å². The molecule has 0 fully saturated rings. The molecule has 0 heterocycles. The van der Waals surface area contributed by atoms with Gasteiger partial charge in [0.05, 0.1) is 16.6 Å². The van der Waals surface area contributed by atoms with E-state index in [1.807, 2.05) is 19.1 Å². The maximum atomic E-state index is 12.0. The minimum atomic E-state index is -0.298. The number of carbonyl (C=O) groups excluding carboxylic acids is 2. The molecular formula is C14H20ClN3O2. The van der Waals surface area contributed by atoms with Crippen LogP contribution < -0.4 is 10.6 Å². The van der Waals surface area contributed by atoms with Gasteiger partial charge in [-0.1, -0.05) is 30.7 Å². The summed E-state index contributed by atoms with van der Waals surface area (Å²) in [6.07, 6.45) is 0. The van der Waals surface area contributed by atoms with Crippen LogP contribution in [0.2, 0.25) is 5.02 Å². The van der Waals surface area contributed by atoms with Gasteiger partial charge >= 0.3 is 6.03 Å². The Kier molecular flexibility index (Phi) is 5.82. The lowest BCUT2D eigenvalue weighted by atomic mass is 10.1. The molecule has 0 spiro atoms. The number of carbonyl (C=O) groups is 2. The lowest BCUT2D eigenvalue weighted by Crippen LogP contribution is -2.39. The fourth-order valence-electron chi connectivity index (χ4n) is 1.78. The first-order valence-corrected chi connectivity index (χ1v) is 6.73. The topological polar surface area (TPSA) is 61.4 Å². The molecule has 6 heteroatoms. The van der Waals surface area contributed by atoms with Crippen molar-refractivity contribution in [1.29, 1.82) is 0 Å². The van der Waals surface area contributed by atoms with Crippen molar-refractivity contribution < 1.29 is 9.59 Å². The van der Waals surface area contributed by atoms with E-state index in [9.17, 15) is 9.59 Å². The Labute approximate surface area is 124 Å². The van der Waals surface area contributed by atoms with Crippen LogP contribution in [0, 0.1) is 12.8 Å². The Hall–Kier alpha value is -1.75. The fourth-order valence-corrected chi connectivity index (χ4v) is 1.95. The van der Waals surface area contributed by atoms with E-state index in [2.05, 4.69) is 10.6 Å². The van der Waals surface area contributed by atoms with Crippen LogP contribution in [0.25, 0.3) is 0 Å². The molecule has 0 bridgehead atoms. The van der Waals surface area contributed by atoms with Crippen LogP contribution in [0.15, 0.2) is 18.2 Å². The monoisotopic (exact) mass is 297 g/mol. The molecule has 0 saturated heterocycles. The first kappa shape index (κ1) is 16.3. The summed E-state index contributed by atoms with van der Waals surface area (Å²) < 4.78 is 0. The van der Waals surface area contributed by atoms with Gasteiger partial charge in [-0.15, -0.1) is 0 Å². The number of rotatable bonds is 4. The Balaban J connectivity index is 2.66. The van der Waals surface area contributed by atoms with Gasteiger partial charge in [0.2, 0.25) is 5.91 Å². The molecule has 0 aliphatic rings. The molecule has 3 amide bonds. The molecule has 0 radical (unpaired) electrons. The number of hydrogen-bond donors (Lipinski definition) is 2. The summed E-state index contributed by atoms with van der Waals surface area (Å²) in [5, 5.41) is 5.82. The Bertz CT molecular complexity index is 505. The molecule has 0 aliphatic carbocycles. The molecule has 5 nitrogen and oxygen atoms in total. The quantitative estimate of drug-likeness (QED) is 0.897. The number of urea groups is 1. The number of anilines is 1. The van der Waals surface area contributed by atoms with Crippen molar-refractivity contribution in [2.45, 2.75) is 13.8 Å². The molecule has 1 aromatic carbocycles. The lowest BCUT2D eigenvalue weighted by Gasteiger charge is -2.21. The largest absolute Gasteiger partial charge is 0.359 e. The van der Waals surface area contributed by atoms with E-state index in [1.54, 1.807) is 27.1 Å². The zero-order valence-electron chi connectivity index (χ0n) is 12.2. The van der Waals surface area contributed by atoms with Crippen molar-refractivity contribution in [3.63, 3.8) is 0 Å². The Morgan fingerprint density at radius 1 is 1.40 bits per heavy atom. The van der Waals surface area contributed by atoms with E-state index in [-0.39, 0.29) is 17.9 Å². The van der Waals surface area contributed by atoms with Crippen LogP contribution in [-0.4, -0.2) is 37.5 Å². The number of nitrogens with one attached hydrogen (secondary N) is 2. The van der Waals surface area contributed by atoms with E-state index in [0.29, 0.717) is 17.3 Å². The third-order valence-electron chi connectivity index (χ3n) is 3.02. The van der Waals surface area contributed by atoms with Gasteiger partial charge in [-0.2, -0.15) is 0 Å². The molecule has 1 aromatic rings. The van der Waals surface area contributed by atoms with Crippen LogP contribution >= 0.6 is 11.6 Å². The number of aryl methyl sites for hydroxylation is 1. The minimum absolute atomic E-state index is 0.0989. The molecule has 20 heavy (non-hydrogen) atoms. The third-order valence-corrected chi connectivity index (χ3v) is 3.52. The number of nitrogens with zero attached hydrogens (tertiary/aromatic N) is 1. The number of halogens is 1. The van der Waals surface area contributed by atoms with Crippen molar-refractivity contribution in [2.75, 3.05) is 26.0 Å². The van der Waals surface area contributed by atoms with Gasteiger partial charge < -0.3 is 15.5 Å². The van der Waals surface area contributed by atoms with E-state index in [4.69, 9.17) is 11.6 Å². The molecule has 0 aromatic heterocycles. The fraction of sp³-hybridized carbons (Fsp3) is 0.429. The summed E-state index contributed by atoms with van der Waals surface area (Å²) in [6.45, 7) is 3.96. The van der Waals surface area contributed by atoms with Crippen molar-refractivity contribution in [3.8, 4) is 0 Å². The molecule has 2 N–H and O–H groups in total. The highest BCUT2D eigenvalue weighted by Crippen LogP contribution is 2.25. The zero-order valence-corrected chi connectivity index (χ0v) is 12.9. The van der Waals surface area contributed by atoms with E-state index in [0.717, 1.165) is 5.56 Å². The van der Waals surface area contributed by atoms with Crippen LogP contribution in [0.5, 0.6) is 0 Å². The van der Waals surface area contributed by atoms with Gasteiger partial charge in [0, 0.05) is 20.6 Å². The van der Waals surface area contributed by atoms with Gasteiger partial charge in [0.1, 0.15) is 0 Å². The second-order valence-electron chi connectivity index (χ2n) is 4.76. The van der Waals surface area contributed by atoms with Crippen LogP contribution in [0.1, 0.15) is 12.5 Å². The zero-order chi connectivity index (χ0) is 15.3. The average molecular weight is 298 g/mol.